The van der Waals surface area contributed by atoms with Gasteiger partial charge in [0, 0.05) is 36.3 Å². The first kappa shape index (κ1) is 15.7. The topological polar surface area (TPSA) is 38.1 Å². The molecule has 4 nitrogen and oxygen atoms in total. The number of aromatic nitrogens is 2. The first-order valence-electron chi connectivity index (χ1n) is 8.26. The van der Waals surface area contributed by atoms with Crippen LogP contribution in [0.25, 0.3) is 21.8 Å². The highest BCUT2D eigenvalue weighted by Gasteiger charge is 2.13. The number of nitrogens with zero attached hydrogens (tertiary/aromatic N) is 3. The summed E-state index contributed by atoms with van der Waals surface area (Å²) in [6.07, 6.45) is 1.84. The van der Waals surface area contributed by atoms with Gasteiger partial charge in [-0.05, 0) is 25.2 Å². The van der Waals surface area contributed by atoms with Crippen LogP contribution < -0.4 is 0 Å². The van der Waals surface area contributed by atoms with E-state index in [1.807, 2.05) is 18.3 Å². The zero-order chi connectivity index (χ0) is 16.4. The number of benzene rings is 1. The summed E-state index contributed by atoms with van der Waals surface area (Å²) in [5.41, 5.74) is 2.84. The minimum Gasteiger partial charge on any atom is -0.338 e. The molecule has 0 aliphatic carbocycles. The van der Waals surface area contributed by atoms with Gasteiger partial charge < -0.3 is 9.47 Å². The molecular formula is C19H23N3O. The zero-order valence-electron chi connectivity index (χ0n) is 14.0. The third kappa shape index (κ3) is 2.86. The molecule has 120 valence electrons. The Morgan fingerprint density at radius 3 is 2.57 bits per heavy atom. The van der Waals surface area contributed by atoms with Crippen molar-refractivity contribution in [2.24, 2.45) is 0 Å². The zero-order valence-corrected chi connectivity index (χ0v) is 14.0. The quantitative estimate of drug-likeness (QED) is 0.651. The van der Waals surface area contributed by atoms with E-state index in [1.165, 1.54) is 10.9 Å². The molecule has 4 heteroatoms. The van der Waals surface area contributed by atoms with E-state index in [1.54, 1.807) is 6.92 Å². The van der Waals surface area contributed by atoms with Crippen molar-refractivity contribution in [3.63, 3.8) is 0 Å². The van der Waals surface area contributed by atoms with Gasteiger partial charge in [0.05, 0.1) is 11.7 Å². The van der Waals surface area contributed by atoms with Gasteiger partial charge in [0.1, 0.15) is 5.69 Å². The van der Waals surface area contributed by atoms with Crippen LogP contribution in [0, 0.1) is 0 Å². The van der Waals surface area contributed by atoms with Crippen molar-refractivity contribution >= 4 is 27.6 Å². The summed E-state index contributed by atoms with van der Waals surface area (Å²) in [6, 6.07) is 10.3. The molecule has 23 heavy (non-hydrogen) atoms. The van der Waals surface area contributed by atoms with Crippen LogP contribution in [0.2, 0.25) is 0 Å². The summed E-state index contributed by atoms with van der Waals surface area (Å²) in [5, 5.41) is 2.30. The third-order valence-electron chi connectivity index (χ3n) is 4.55. The highest BCUT2D eigenvalue weighted by atomic mass is 16.1. The fourth-order valence-electron chi connectivity index (χ4n) is 3.16. The average Bonchev–Trinajstić information content (AvgIpc) is 2.89. The maximum absolute atomic E-state index is 11.6. The van der Waals surface area contributed by atoms with Crippen molar-refractivity contribution < 1.29 is 4.79 Å². The van der Waals surface area contributed by atoms with Crippen molar-refractivity contribution in [3.8, 4) is 0 Å². The van der Waals surface area contributed by atoms with E-state index < -0.39 is 0 Å². The number of ketones is 1. The lowest BCUT2D eigenvalue weighted by atomic mass is 10.1. The van der Waals surface area contributed by atoms with Crippen molar-refractivity contribution in [2.75, 3.05) is 19.6 Å². The van der Waals surface area contributed by atoms with Crippen LogP contribution in [0.4, 0.5) is 0 Å². The predicted octanol–water partition coefficient (Wildman–Crippen LogP) is 3.73. The van der Waals surface area contributed by atoms with Crippen molar-refractivity contribution in [1.82, 2.24) is 14.5 Å². The number of likely N-dealkylation sites (N-methyl/N-ethyl adjacent to an activating group) is 1. The monoisotopic (exact) mass is 309 g/mol. The van der Waals surface area contributed by atoms with Crippen molar-refractivity contribution in [3.05, 3.63) is 42.2 Å². The lowest BCUT2D eigenvalue weighted by Gasteiger charge is -2.19. The molecule has 2 heterocycles. The molecule has 0 N–H and O–H groups in total. The summed E-state index contributed by atoms with van der Waals surface area (Å²) in [4.78, 5) is 18.4. The van der Waals surface area contributed by atoms with Crippen LogP contribution in [-0.4, -0.2) is 39.9 Å². The number of para-hydroxylation sites is 1. The van der Waals surface area contributed by atoms with E-state index in [9.17, 15) is 4.79 Å². The Kier molecular flexibility index (Phi) is 4.44. The normalized spacial score (nSPS) is 11.7. The Morgan fingerprint density at radius 2 is 1.87 bits per heavy atom. The maximum Gasteiger partial charge on any atom is 0.178 e. The van der Waals surface area contributed by atoms with Gasteiger partial charge in [0.2, 0.25) is 0 Å². The van der Waals surface area contributed by atoms with E-state index in [0.29, 0.717) is 5.69 Å². The number of fused-ring (bicyclic) bond motifs is 3. The number of hydrogen-bond acceptors (Lipinski definition) is 3. The molecular weight excluding hydrogens is 286 g/mol. The van der Waals surface area contributed by atoms with E-state index in [-0.39, 0.29) is 5.78 Å². The predicted molar refractivity (Wildman–Crippen MR) is 95.0 cm³/mol. The van der Waals surface area contributed by atoms with Crippen LogP contribution in [-0.2, 0) is 6.54 Å². The molecule has 0 saturated heterocycles. The van der Waals surface area contributed by atoms with Crippen LogP contribution in [0.15, 0.2) is 36.5 Å². The highest BCUT2D eigenvalue weighted by Crippen LogP contribution is 2.29. The van der Waals surface area contributed by atoms with Gasteiger partial charge in [-0.1, -0.05) is 32.0 Å². The van der Waals surface area contributed by atoms with E-state index in [0.717, 1.165) is 37.1 Å². The van der Waals surface area contributed by atoms with Crippen LogP contribution in [0.1, 0.15) is 31.3 Å². The Balaban J connectivity index is 2.13. The minimum atomic E-state index is 0.00636. The molecule has 0 radical (unpaired) electrons. The smallest absolute Gasteiger partial charge is 0.178 e. The second kappa shape index (κ2) is 6.50. The fourth-order valence-corrected chi connectivity index (χ4v) is 3.16. The van der Waals surface area contributed by atoms with E-state index in [2.05, 4.69) is 46.5 Å². The molecule has 2 aromatic heterocycles. The molecule has 0 bridgehead atoms. The van der Waals surface area contributed by atoms with E-state index in [4.69, 9.17) is 0 Å². The second-order valence-corrected chi connectivity index (χ2v) is 5.84. The van der Waals surface area contributed by atoms with Crippen LogP contribution >= 0.6 is 0 Å². The van der Waals surface area contributed by atoms with Gasteiger partial charge in [0.15, 0.2) is 5.78 Å². The first-order chi connectivity index (χ1) is 11.2. The number of pyridine rings is 1. The molecule has 0 fully saturated rings. The summed E-state index contributed by atoms with van der Waals surface area (Å²) in [6.45, 7) is 9.99. The molecule has 0 amide bonds. The van der Waals surface area contributed by atoms with Crippen LogP contribution in [0.3, 0.4) is 0 Å². The Hall–Kier alpha value is -2.20. The van der Waals surface area contributed by atoms with Gasteiger partial charge in [-0.2, -0.15) is 0 Å². The third-order valence-corrected chi connectivity index (χ3v) is 4.55. The summed E-state index contributed by atoms with van der Waals surface area (Å²) in [5.74, 6) is 0.00636. The Morgan fingerprint density at radius 1 is 1.13 bits per heavy atom. The minimum absolute atomic E-state index is 0.00636. The summed E-state index contributed by atoms with van der Waals surface area (Å²) < 4.78 is 2.32. The number of hydrogen-bond donors (Lipinski definition) is 0. The SMILES string of the molecule is CCN(CC)CCn1c2ccccc2c2cc(C(C)=O)ncc21. The van der Waals surface area contributed by atoms with Gasteiger partial charge in [-0.15, -0.1) is 0 Å². The molecule has 3 rings (SSSR count). The fraction of sp³-hybridized carbons (Fsp3) is 0.368. The highest BCUT2D eigenvalue weighted by molar-refractivity contribution is 6.09. The molecule has 3 aromatic rings. The number of Topliss-reactive ketones (excluding diaryl/α,β-unsaturated/α-hetero) is 1. The van der Waals surface area contributed by atoms with Gasteiger partial charge in [0.25, 0.3) is 0 Å². The van der Waals surface area contributed by atoms with Crippen molar-refractivity contribution in [1.29, 1.82) is 0 Å². The molecule has 0 aliphatic heterocycles. The molecule has 0 aliphatic rings. The van der Waals surface area contributed by atoms with Crippen LogP contribution in [0.5, 0.6) is 0 Å². The molecule has 0 unspecified atom stereocenters. The second-order valence-electron chi connectivity index (χ2n) is 5.84. The average molecular weight is 309 g/mol. The lowest BCUT2D eigenvalue weighted by Crippen LogP contribution is -2.26. The Bertz CT molecular complexity index is 846. The number of rotatable bonds is 6. The van der Waals surface area contributed by atoms with Gasteiger partial charge >= 0.3 is 0 Å². The summed E-state index contributed by atoms with van der Waals surface area (Å²) in [7, 11) is 0. The van der Waals surface area contributed by atoms with E-state index >= 15 is 0 Å². The standard InChI is InChI=1S/C19H23N3O/c1-4-21(5-2)10-11-22-18-9-7-6-8-15(18)16-12-17(14(3)23)20-13-19(16)22/h6-9,12-13H,4-5,10-11H2,1-3H3. The van der Waals surface area contributed by atoms with Crippen molar-refractivity contribution in [2.45, 2.75) is 27.3 Å². The maximum atomic E-state index is 11.6. The first-order valence-corrected chi connectivity index (χ1v) is 8.26. The molecule has 0 spiro atoms. The molecule has 1 aromatic carbocycles. The molecule has 0 saturated carbocycles. The lowest BCUT2D eigenvalue weighted by molar-refractivity contribution is 0.101. The number of carbonyl (C=O) groups excluding carboxylic acids is 1. The summed E-state index contributed by atoms with van der Waals surface area (Å²) >= 11 is 0. The Labute approximate surface area is 136 Å². The van der Waals surface area contributed by atoms with Gasteiger partial charge in [-0.25, -0.2) is 0 Å². The van der Waals surface area contributed by atoms with Gasteiger partial charge in [-0.3, -0.25) is 9.78 Å². The molecule has 0 atom stereocenters. The number of carbonyl (C=O) groups is 1. The largest absolute Gasteiger partial charge is 0.338 e.